The Morgan fingerprint density at radius 3 is 1.28 bits per heavy atom. The average Bonchev–Trinajstić information content (AvgIpc) is 3.87. The Morgan fingerprint density at radius 1 is 0.262 bits per heavy atom. The Kier molecular flexibility index (Phi) is 8.17. The van der Waals surface area contributed by atoms with Crippen LogP contribution in [0.4, 0.5) is 0 Å². The Hall–Kier alpha value is -8.14. The van der Waals surface area contributed by atoms with Crippen molar-refractivity contribution in [2.24, 2.45) is 0 Å². The van der Waals surface area contributed by atoms with E-state index in [9.17, 15) is 0 Å². The molecule has 0 aliphatic heterocycles. The van der Waals surface area contributed by atoms with E-state index in [0.717, 1.165) is 39.2 Å². The zero-order valence-corrected chi connectivity index (χ0v) is 33.2. The second-order valence-electron chi connectivity index (χ2n) is 15.8. The molecule has 3 heterocycles. The molecule has 3 heteroatoms. The number of aromatic nitrogens is 3. The summed E-state index contributed by atoms with van der Waals surface area (Å²) in [5.41, 5.74) is 18.1. The highest BCUT2D eigenvalue weighted by Gasteiger charge is 2.20. The van der Waals surface area contributed by atoms with Crippen LogP contribution >= 0.6 is 0 Å². The van der Waals surface area contributed by atoms with Gasteiger partial charge < -0.3 is 4.40 Å². The van der Waals surface area contributed by atoms with Crippen molar-refractivity contribution in [2.75, 3.05) is 0 Å². The van der Waals surface area contributed by atoms with Gasteiger partial charge in [-0.05, 0) is 75.3 Å². The lowest BCUT2D eigenvalue weighted by molar-refractivity contribution is 1.18. The summed E-state index contributed by atoms with van der Waals surface area (Å²) in [6, 6.07) is 80.4. The number of fused-ring (bicyclic) bond motifs is 6. The fourth-order valence-electron chi connectivity index (χ4n) is 9.25. The minimum absolute atomic E-state index is 0.712. The van der Waals surface area contributed by atoms with Crippen molar-refractivity contribution >= 4 is 38.1 Å². The molecule has 0 bridgehead atoms. The fourth-order valence-corrected chi connectivity index (χ4v) is 9.25. The maximum absolute atomic E-state index is 5.10. The quantitative estimate of drug-likeness (QED) is 0.161. The highest BCUT2D eigenvalue weighted by Crippen LogP contribution is 2.43. The first-order valence-corrected chi connectivity index (χ1v) is 20.8. The summed E-state index contributed by atoms with van der Waals surface area (Å²) in [5.74, 6) is 0.712. The number of hydrogen-bond acceptors (Lipinski definition) is 2. The largest absolute Gasteiger partial charge is 0.307 e. The third kappa shape index (κ3) is 5.98. The second kappa shape index (κ2) is 14.3. The van der Waals surface area contributed by atoms with Crippen LogP contribution in [0.25, 0.3) is 117 Å². The van der Waals surface area contributed by atoms with Gasteiger partial charge in [0.1, 0.15) is 0 Å². The van der Waals surface area contributed by atoms with Crippen LogP contribution in [0.2, 0.25) is 0 Å². The van der Waals surface area contributed by atoms with E-state index >= 15 is 0 Å². The summed E-state index contributed by atoms with van der Waals surface area (Å²) in [6.07, 6.45) is 0. The van der Waals surface area contributed by atoms with E-state index < -0.39 is 0 Å². The van der Waals surface area contributed by atoms with Crippen LogP contribution in [0.15, 0.2) is 224 Å². The van der Waals surface area contributed by atoms with Gasteiger partial charge in [-0.25, -0.2) is 9.97 Å². The molecule has 0 spiro atoms. The molecule has 0 unspecified atom stereocenters. The molecule has 284 valence electrons. The minimum Gasteiger partial charge on any atom is -0.307 e. The Morgan fingerprint density at radius 2 is 0.656 bits per heavy atom. The zero-order chi connectivity index (χ0) is 40.3. The molecule has 0 saturated heterocycles. The molecule has 0 N–H and O–H groups in total. The SMILES string of the molecule is c1ccc(-c2cc(-c3cccc(-c4cccc(-c5cccc(-c6cccc(-c7cccc8c9cccc%10c%11ccccc%11n(c78)c%109)c6)c5)c4)c3)nc(-c3ccccc3)n2)cc1. The molecule has 0 amide bonds. The highest BCUT2D eigenvalue weighted by molar-refractivity contribution is 6.25. The number of nitrogens with zero attached hydrogens (tertiary/aromatic N) is 3. The van der Waals surface area contributed by atoms with Gasteiger partial charge in [0.15, 0.2) is 5.82 Å². The van der Waals surface area contributed by atoms with Crippen LogP contribution in [-0.4, -0.2) is 14.4 Å². The molecule has 0 fully saturated rings. The highest BCUT2D eigenvalue weighted by atomic mass is 14.9. The van der Waals surface area contributed by atoms with Crippen molar-refractivity contribution in [3.05, 3.63) is 224 Å². The second-order valence-corrected chi connectivity index (χ2v) is 15.8. The standard InChI is InChI=1S/C58H37N3/c1-3-15-38(16-4-1)53-37-54(60-58(59-53)39-17-5-2-6-18-39)47-26-12-24-45(36-47)43-22-10-20-41(34-43)40-19-9-21-42(33-40)44-23-11-25-46(35-44)48-28-13-30-51-52-31-14-29-50-49-27-7-8-32-55(49)61(56(48)51)57(50)52/h1-37H. The Labute approximate surface area is 353 Å². The van der Waals surface area contributed by atoms with E-state index in [4.69, 9.17) is 9.97 Å². The molecule has 3 aromatic heterocycles. The third-order valence-electron chi connectivity index (χ3n) is 12.1. The smallest absolute Gasteiger partial charge is 0.160 e. The van der Waals surface area contributed by atoms with Gasteiger partial charge >= 0.3 is 0 Å². The molecule has 0 saturated carbocycles. The van der Waals surface area contributed by atoms with Crippen LogP contribution < -0.4 is 0 Å². The Balaban J connectivity index is 0.901. The fraction of sp³-hybridized carbons (Fsp3) is 0. The summed E-state index contributed by atoms with van der Waals surface area (Å²) >= 11 is 0. The number of hydrogen-bond donors (Lipinski definition) is 0. The van der Waals surface area contributed by atoms with E-state index in [-0.39, 0.29) is 0 Å². The summed E-state index contributed by atoms with van der Waals surface area (Å²) in [5, 5.41) is 5.18. The van der Waals surface area contributed by atoms with Gasteiger partial charge in [0.2, 0.25) is 0 Å². The van der Waals surface area contributed by atoms with Gasteiger partial charge in [-0.2, -0.15) is 0 Å². The molecule has 12 aromatic rings. The minimum atomic E-state index is 0.712. The van der Waals surface area contributed by atoms with Gasteiger partial charge in [-0.3, -0.25) is 0 Å². The Bertz CT molecular complexity index is 3530. The molecule has 12 rings (SSSR count). The summed E-state index contributed by atoms with van der Waals surface area (Å²) < 4.78 is 2.48. The van der Waals surface area contributed by atoms with Crippen molar-refractivity contribution in [1.29, 1.82) is 0 Å². The van der Waals surface area contributed by atoms with Crippen molar-refractivity contribution < 1.29 is 0 Å². The first kappa shape index (κ1) is 34.9. The first-order valence-electron chi connectivity index (χ1n) is 20.8. The lowest BCUT2D eigenvalue weighted by Crippen LogP contribution is -1.96. The monoisotopic (exact) mass is 775 g/mol. The molecular formula is C58H37N3. The van der Waals surface area contributed by atoms with Gasteiger partial charge in [0.25, 0.3) is 0 Å². The predicted molar refractivity (Wildman–Crippen MR) is 255 cm³/mol. The molecule has 9 aromatic carbocycles. The van der Waals surface area contributed by atoms with Gasteiger partial charge in [0.05, 0.1) is 27.9 Å². The first-order chi connectivity index (χ1) is 30.2. The predicted octanol–water partition coefficient (Wildman–Crippen LogP) is 15.3. The summed E-state index contributed by atoms with van der Waals surface area (Å²) in [6.45, 7) is 0. The van der Waals surface area contributed by atoms with Gasteiger partial charge in [0, 0.05) is 43.8 Å². The van der Waals surface area contributed by atoms with Crippen molar-refractivity contribution in [1.82, 2.24) is 14.4 Å². The van der Waals surface area contributed by atoms with E-state index in [1.54, 1.807) is 0 Å². The maximum atomic E-state index is 5.10. The molecule has 0 radical (unpaired) electrons. The summed E-state index contributed by atoms with van der Waals surface area (Å²) in [4.78, 5) is 10.1. The van der Waals surface area contributed by atoms with Crippen LogP contribution in [0.3, 0.4) is 0 Å². The molecule has 0 aliphatic carbocycles. The topological polar surface area (TPSA) is 30.2 Å². The molecule has 61 heavy (non-hydrogen) atoms. The van der Waals surface area contributed by atoms with E-state index in [1.807, 2.05) is 24.3 Å². The normalized spacial score (nSPS) is 11.6. The number of rotatable bonds is 7. The lowest BCUT2D eigenvalue weighted by Gasteiger charge is -2.12. The average molecular weight is 776 g/mol. The molecule has 3 nitrogen and oxygen atoms in total. The van der Waals surface area contributed by atoms with Crippen molar-refractivity contribution in [2.45, 2.75) is 0 Å². The third-order valence-corrected chi connectivity index (χ3v) is 12.1. The zero-order valence-electron chi connectivity index (χ0n) is 33.2. The van der Waals surface area contributed by atoms with Gasteiger partial charge in [-0.15, -0.1) is 0 Å². The van der Waals surface area contributed by atoms with Crippen LogP contribution in [-0.2, 0) is 0 Å². The van der Waals surface area contributed by atoms with Crippen LogP contribution in [0, 0.1) is 0 Å². The van der Waals surface area contributed by atoms with Crippen molar-refractivity contribution in [3.8, 4) is 78.4 Å². The summed E-state index contributed by atoms with van der Waals surface area (Å²) in [7, 11) is 0. The van der Waals surface area contributed by atoms with Crippen LogP contribution in [0.1, 0.15) is 0 Å². The number of benzene rings is 9. The maximum Gasteiger partial charge on any atom is 0.160 e. The van der Waals surface area contributed by atoms with Crippen LogP contribution in [0.5, 0.6) is 0 Å². The van der Waals surface area contributed by atoms with Crippen molar-refractivity contribution in [3.63, 3.8) is 0 Å². The lowest BCUT2D eigenvalue weighted by atomic mass is 9.94. The molecule has 0 aliphatic rings. The van der Waals surface area contributed by atoms with E-state index in [2.05, 4.69) is 205 Å². The molecular weight excluding hydrogens is 739 g/mol. The number of para-hydroxylation sites is 3. The van der Waals surface area contributed by atoms with E-state index in [1.165, 1.54) is 71.5 Å². The molecule has 0 atom stereocenters. The van der Waals surface area contributed by atoms with E-state index in [0.29, 0.717) is 5.82 Å². The van der Waals surface area contributed by atoms with Gasteiger partial charge in [-0.1, -0.05) is 188 Å².